The third-order valence-electron chi connectivity index (χ3n) is 2.30. The summed E-state index contributed by atoms with van der Waals surface area (Å²) in [5, 5.41) is 12.9. The molecule has 9 heteroatoms. The molecule has 0 atom stereocenters. The van der Waals surface area contributed by atoms with Gasteiger partial charge in [0, 0.05) is 18.7 Å². The van der Waals surface area contributed by atoms with Crippen LogP contribution < -0.4 is 5.32 Å². The first-order valence-corrected chi connectivity index (χ1v) is 5.89. The second-order valence-electron chi connectivity index (χ2n) is 4.45. The van der Waals surface area contributed by atoms with Gasteiger partial charge < -0.3 is 10.1 Å². The number of nitrogens with one attached hydrogen (secondary N) is 1. The first kappa shape index (κ1) is 16.7. The van der Waals surface area contributed by atoms with Crippen molar-refractivity contribution in [2.75, 3.05) is 0 Å². The number of carbonyl (C=O) groups is 1. The van der Waals surface area contributed by atoms with Crippen molar-refractivity contribution in [3.8, 4) is 0 Å². The maximum absolute atomic E-state index is 12.6. The second kappa shape index (κ2) is 6.42. The summed E-state index contributed by atoms with van der Waals surface area (Å²) < 4.78 is 42.7. The Morgan fingerprint density at radius 2 is 2.00 bits per heavy atom. The Kier molecular flexibility index (Phi) is 5.12. The zero-order chi connectivity index (χ0) is 16.2. The van der Waals surface area contributed by atoms with Crippen molar-refractivity contribution in [2.24, 2.45) is 0 Å². The Labute approximate surface area is 118 Å². The Morgan fingerprint density at radius 3 is 2.48 bits per heavy atom. The number of carbonyl (C=O) groups excluding carboxylic acids is 1. The second-order valence-corrected chi connectivity index (χ2v) is 4.45. The summed E-state index contributed by atoms with van der Waals surface area (Å²) >= 11 is 0. The topological polar surface area (TPSA) is 81.5 Å². The van der Waals surface area contributed by atoms with Gasteiger partial charge in [-0.1, -0.05) is 0 Å². The molecule has 116 valence electrons. The van der Waals surface area contributed by atoms with Crippen molar-refractivity contribution in [3.05, 3.63) is 39.4 Å². The van der Waals surface area contributed by atoms with E-state index in [0.29, 0.717) is 6.07 Å². The van der Waals surface area contributed by atoms with Crippen molar-refractivity contribution >= 4 is 11.8 Å². The molecule has 0 spiro atoms. The fourth-order valence-corrected chi connectivity index (χ4v) is 1.48. The monoisotopic (exact) mass is 306 g/mol. The van der Waals surface area contributed by atoms with E-state index in [1.807, 2.05) is 0 Å². The van der Waals surface area contributed by atoms with E-state index in [4.69, 9.17) is 4.74 Å². The molecular weight excluding hydrogens is 293 g/mol. The zero-order valence-electron chi connectivity index (χ0n) is 11.2. The fraction of sp³-hybridized carbons (Fsp3) is 0.417. The molecule has 1 rings (SSSR count). The average Bonchev–Trinajstić information content (AvgIpc) is 2.34. The smallest absolute Gasteiger partial charge is 0.416 e. The molecule has 1 aromatic carbocycles. The molecule has 0 radical (unpaired) electrons. The van der Waals surface area contributed by atoms with E-state index in [1.54, 1.807) is 13.8 Å². The van der Waals surface area contributed by atoms with E-state index in [2.05, 4.69) is 5.32 Å². The Balaban J connectivity index is 2.94. The maximum Gasteiger partial charge on any atom is 0.416 e. The Bertz CT molecular complexity index is 544. The third kappa shape index (κ3) is 5.28. The number of alkyl halides is 3. The van der Waals surface area contributed by atoms with Gasteiger partial charge in [-0.2, -0.15) is 13.2 Å². The van der Waals surface area contributed by atoms with Gasteiger partial charge in [0.25, 0.3) is 5.69 Å². The van der Waals surface area contributed by atoms with Gasteiger partial charge in [0.05, 0.1) is 16.6 Å². The molecular formula is C12H13F3N2O4. The Hall–Kier alpha value is -2.32. The number of ether oxygens (including phenoxy) is 1. The van der Waals surface area contributed by atoms with Crippen LogP contribution in [-0.2, 0) is 17.5 Å². The quantitative estimate of drug-likeness (QED) is 0.684. The van der Waals surface area contributed by atoms with Crippen LogP contribution in [0.1, 0.15) is 25.0 Å². The minimum atomic E-state index is -4.71. The van der Waals surface area contributed by atoms with Gasteiger partial charge in [-0.3, -0.25) is 10.1 Å². The largest absolute Gasteiger partial charge is 0.447 e. The predicted octanol–water partition coefficient (Wildman–Crippen LogP) is 3.25. The number of hydrogen-bond donors (Lipinski definition) is 1. The summed E-state index contributed by atoms with van der Waals surface area (Å²) in [6.07, 6.45) is -5.91. The summed E-state index contributed by atoms with van der Waals surface area (Å²) in [6, 6.07) is 2.14. The maximum atomic E-state index is 12.6. The lowest BCUT2D eigenvalue weighted by atomic mass is 10.1. The number of amides is 1. The Morgan fingerprint density at radius 1 is 1.38 bits per heavy atom. The van der Waals surface area contributed by atoms with Gasteiger partial charge in [0.15, 0.2) is 0 Å². The van der Waals surface area contributed by atoms with Crippen LogP contribution in [0, 0.1) is 10.1 Å². The summed E-state index contributed by atoms with van der Waals surface area (Å²) in [5.74, 6) is 0. The number of hydrogen-bond acceptors (Lipinski definition) is 4. The fourth-order valence-electron chi connectivity index (χ4n) is 1.48. The van der Waals surface area contributed by atoms with Gasteiger partial charge >= 0.3 is 12.3 Å². The van der Waals surface area contributed by atoms with E-state index in [1.165, 1.54) is 0 Å². The van der Waals surface area contributed by atoms with Gasteiger partial charge in [0.1, 0.15) is 0 Å². The zero-order valence-corrected chi connectivity index (χ0v) is 11.2. The molecule has 0 bridgehead atoms. The molecule has 0 fully saturated rings. The first-order valence-electron chi connectivity index (χ1n) is 5.89. The summed E-state index contributed by atoms with van der Waals surface area (Å²) in [7, 11) is 0. The molecule has 1 amide bonds. The molecule has 0 aliphatic carbocycles. The molecule has 0 aromatic heterocycles. The number of halogens is 3. The highest BCUT2D eigenvalue weighted by Crippen LogP contribution is 2.32. The van der Waals surface area contributed by atoms with Crippen LogP contribution in [0.5, 0.6) is 0 Å². The molecule has 1 aromatic rings. The first-order chi connectivity index (χ1) is 9.59. The van der Waals surface area contributed by atoms with E-state index in [9.17, 15) is 28.1 Å². The molecule has 21 heavy (non-hydrogen) atoms. The van der Waals surface area contributed by atoms with Crippen molar-refractivity contribution in [1.82, 2.24) is 5.32 Å². The molecule has 0 aliphatic rings. The number of nitro benzene ring substituents is 1. The highest BCUT2D eigenvalue weighted by molar-refractivity contribution is 5.67. The number of non-ortho nitro benzene ring substituents is 1. The number of nitro groups is 1. The normalized spacial score (nSPS) is 11.3. The van der Waals surface area contributed by atoms with Crippen molar-refractivity contribution in [2.45, 2.75) is 32.7 Å². The van der Waals surface area contributed by atoms with Gasteiger partial charge in [0.2, 0.25) is 0 Å². The molecule has 0 heterocycles. The molecule has 1 N–H and O–H groups in total. The van der Waals surface area contributed by atoms with Gasteiger partial charge in [-0.05, 0) is 25.5 Å². The number of rotatable bonds is 4. The summed E-state index contributed by atoms with van der Waals surface area (Å²) in [4.78, 5) is 21.0. The van der Waals surface area contributed by atoms with Crippen LogP contribution in [0.4, 0.5) is 23.7 Å². The van der Waals surface area contributed by atoms with E-state index >= 15 is 0 Å². The molecule has 6 nitrogen and oxygen atoms in total. The SMILES string of the molecule is CC(C)OC(=O)NCc1cc([N+](=O)[O-])cc(C(F)(F)F)c1. The molecule has 0 saturated heterocycles. The number of alkyl carbamates (subject to hydrolysis) is 1. The van der Waals surface area contributed by atoms with Crippen molar-refractivity contribution in [1.29, 1.82) is 0 Å². The summed E-state index contributed by atoms with van der Waals surface area (Å²) in [6.45, 7) is 2.90. The molecule has 0 unspecified atom stereocenters. The van der Waals surface area contributed by atoms with Crippen LogP contribution in [0.25, 0.3) is 0 Å². The van der Waals surface area contributed by atoms with Gasteiger partial charge in [-0.25, -0.2) is 4.79 Å². The number of nitrogens with zero attached hydrogens (tertiary/aromatic N) is 1. The van der Waals surface area contributed by atoms with E-state index in [-0.39, 0.29) is 18.2 Å². The van der Waals surface area contributed by atoms with E-state index in [0.717, 1.165) is 12.1 Å². The van der Waals surface area contributed by atoms with Crippen LogP contribution in [0.3, 0.4) is 0 Å². The van der Waals surface area contributed by atoms with Crippen LogP contribution >= 0.6 is 0 Å². The lowest BCUT2D eigenvalue weighted by molar-refractivity contribution is -0.385. The van der Waals surface area contributed by atoms with Crippen LogP contribution in [-0.4, -0.2) is 17.1 Å². The lowest BCUT2D eigenvalue weighted by Crippen LogP contribution is -2.26. The highest BCUT2D eigenvalue weighted by Gasteiger charge is 2.32. The molecule has 0 saturated carbocycles. The summed E-state index contributed by atoms with van der Waals surface area (Å²) in [5.41, 5.74) is -1.89. The third-order valence-corrected chi connectivity index (χ3v) is 2.30. The van der Waals surface area contributed by atoms with Crippen LogP contribution in [0.2, 0.25) is 0 Å². The van der Waals surface area contributed by atoms with Crippen molar-refractivity contribution < 1.29 is 27.6 Å². The average molecular weight is 306 g/mol. The standard InChI is InChI=1S/C12H13F3N2O4/c1-7(2)21-11(18)16-6-8-3-9(12(13,14)15)5-10(4-8)17(19)20/h3-5,7H,6H2,1-2H3,(H,16,18). The highest BCUT2D eigenvalue weighted by atomic mass is 19.4. The lowest BCUT2D eigenvalue weighted by Gasteiger charge is -2.11. The van der Waals surface area contributed by atoms with Crippen molar-refractivity contribution in [3.63, 3.8) is 0 Å². The number of benzene rings is 1. The minimum Gasteiger partial charge on any atom is -0.447 e. The van der Waals surface area contributed by atoms with Crippen LogP contribution in [0.15, 0.2) is 18.2 Å². The molecule has 0 aliphatic heterocycles. The predicted molar refractivity (Wildman–Crippen MR) is 66.6 cm³/mol. The van der Waals surface area contributed by atoms with E-state index < -0.39 is 28.4 Å². The van der Waals surface area contributed by atoms with Gasteiger partial charge in [-0.15, -0.1) is 0 Å². The minimum absolute atomic E-state index is 0.0442.